The van der Waals surface area contributed by atoms with E-state index in [9.17, 15) is 4.79 Å². The number of carbonyl (C=O) groups excluding carboxylic acids is 1. The molecule has 2 aromatic rings. The van der Waals surface area contributed by atoms with Crippen LogP contribution in [-0.4, -0.2) is 26.5 Å². The van der Waals surface area contributed by atoms with Crippen molar-refractivity contribution < 1.29 is 4.79 Å². The molecule has 1 unspecified atom stereocenters. The van der Waals surface area contributed by atoms with Gasteiger partial charge in [0.15, 0.2) is 5.65 Å². The maximum atomic E-state index is 12.8. The van der Waals surface area contributed by atoms with Crippen LogP contribution in [-0.2, 0) is 0 Å². The van der Waals surface area contributed by atoms with Crippen LogP contribution in [0.25, 0.3) is 5.65 Å². The van der Waals surface area contributed by atoms with E-state index in [0.717, 1.165) is 29.2 Å². The fourth-order valence-corrected chi connectivity index (χ4v) is 6.29. The van der Waals surface area contributed by atoms with Crippen molar-refractivity contribution in [3.05, 3.63) is 29.7 Å². The second-order valence-corrected chi connectivity index (χ2v) is 8.87. The van der Waals surface area contributed by atoms with E-state index in [1.54, 1.807) is 0 Å². The summed E-state index contributed by atoms with van der Waals surface area (Å²) in [6.45, 7) is 4.14. The van der Waals surface area contributed by atoms with Gasteiger partial charge < -0.3 is 5.32 Å². The number of pyridine rings is 1. The molecule has 1 N–H and O–H groups in total. The van der Waals surface area contributed by atoms with Gasteiger partial charge in [0, 0.05) is 17.8 Å². The van der Waals surface area contributed by atoms with E-state index in [1.807, 2.05) is 29.7 Å². The van der Waals surface area contributed by atoms with Crippen LogP contribution in [0.3, 0.4) is 0 Å². The van der Waals surface area contributed by atoms with Crippen molar-refractivity contribution in [3.8, 4) is 0 Å². The summed E-state index contributed by atoms with van der Waals surface area (Å²) in [4.78, 5) is 12.8. The third-order valence-electron chi connectivity index (χ3n) is 7.19. The van der Waals surface area contributed by atoms with Crippen LogP contribution >= 0.6 is 0 Å². The molecule has 0 spiro atoms. The fourth-order valence-electron chi connectivity index (χ4n) is 6.29. The van der Waals surface area contributed by atoms with Gasteiger partial charge in [-0.25, -0.2) is 0 Å². The number of fused-ring (bicyclic) bond motifs is 1. The van der Waals surface area contributed by atoms with E-state index in [-0.39, 0.29) is 11.9 Å². The number of hydrogen-bond donors (Lipinski definition) is 1. The topological polar surface area (TPSA) is 59.3 Å². The number of hydrogen-bond acceptors (Lipinski definition) is 3. The molecule has 4 saturated carbocycles. The number of nitrogens with zero attached hydrogens (tertiary/aromatic N) is 3. The van der Waals surface area contributed by atoms with Crippen LogP contribution in [0, 0.1) is 30.1 Å². The summed E-state index contributed by atoms with van der Waals surface area (Å²) >= 11 is 0. The molecule has 25 heavy (non-hydrogen) atoms. The number of aryl methyl sites for hydroxylation is 1. The second kappa shape index (κ2) is 5.29. The van der Waals surface area contributed by atoms with E-state index in [4.69, 9.17) is 0 Å². The monoisotopic (exact) mass is 338 g/mol. The van der Waals surface area contributed by atoms with Gasteiger partial charge in [-0.1, -0.05) is 0 Å². The van der Waals surface area contributed by atoms with Gasteiger partial charge in [-0.2, -0.15) is 0 Å². The van der Waals surface area contributed by atoms with Crippen molar-refractivity contribution in [2.75, 3.05) is 0 Å². The molecule has 1 atom stereocenters. The first kappa shape index (κ1) is 15.4. The Labute approximate surface area is 148 Å². The predicted octanol–water partition coefficient (Wildman–Crippen LogP) is 3.37. The van der Waals surface area contributed by atoms with Crippen LogP contribution < -0.4 is 5.32 Å². The van der Waals surface area contributed by atoms with Crippen LogP contribution in [0.15, 0.2) is 18.3 Å². The maximum Gasteiger partial charge on any atom is 0.251 e. The Hall–Kier alpha value is -1.91. The summed E-state index contributed by atoms with van der Waals surface area (Å²) in [5, 5.41) is 11.5. The van der Waals surface area contributed by atoms with Gasteiger partial charge >= 0.3 is 0 Å². The van der Waals surface area contributed by atoms with Crippen molar-refractivity contribution in [3.63, 3.8) is 0 Å². The van der Waals surface area contributed by atoms with Gasteiger partial charge in [0.1, 0.15) is 5.82 Å². The lowest BCUT2D eigenvalue weighted by molar-refractivity contribution is -0.0688. The lowest BCUT2D eigenvalue weighted by atomic mass is 9.48. The molecule has 5 nitrogen and oxygen atoms in total. The summed E-state index contributed by atoms with van der Waals surface area (Å²) < 4.78 is 1.90. The highest BCUT2D eigenvalue weighted by atomic mass is 16.1. The van der Waals surface area contributed by atoms with Crippen molar-refractivity contribution in [2.45, 2.75) is 58.4 Å². The molecule has 1 amide bonds. The Kier molecular flexibility index (Phi) is 3.25. The van der Waals surface area contributed by atoms with E-state index in [1.165, 1.54) is 38.5 Å². The normalized spacial score (nSPS) is 34.4. The molecule has 0 saturated heterocycles. The number of nitrogens with one attached hydrogen (secondary N) is 1. The minimum Gasteiger partial charge on any atom is -0.349 e. The predicted molar refractivity (Wildman–Crippen MR) is 95.3 cm³/mol. The van der Waals surface area contributed by atoms with E-state index in [2.05, 4.69) is 22.4 Å². The van der Waals surface area contributed by atoms with Gasteiger partial charge in [0.2, 0.25) is 0 Å². The molecule has 4 aliphatic rings. The highest BCUT2D eigenvalue weighted by Gasteiger charge is 2.53. The maximum absolute atomic E-state index is 12.8. The molecule has 4 aliphatic carbocycles. The molecular formula is C20H26N4O. The SMILES string of the molecule is Cc1nnc2cc(C(=O)NC(C)C34CC5CC(CC(C5)C3)C4)ccn12. The lowest BCUT2D eigenvalue weighted by Gasteiger charge is -2.59. The van der Waals surface area contributed by atoms with E-state index in [0.29, 0.717) is 11.0 Å². The van der Waals surface area contributed by atoms with Gasteiger partial charge in [-0.3, -0.25) is 9.20 Å². The third-order valence-corrected chi connectivity index (χ3v) is 7.19. The first-order valence-electron chi connectivity index (χ1n) is 9.65. The average molecular weight is 338 g/mol. The largest absolute Gasteiger partial charge is 0.349 e. The summed E-state index contributed by atoms with van der Waals surface area (Å²) in [6, 6.07) is 3.94. The standard InChI is InChI=1S/C20H26N4O/c1-12(20-9-14-5-15(10-20)7-16(6-14)11-20)21-19(25)17-3-4-24-13(2)22-23-18(24)8-17/h3-4,8,12,14-16H,5-7,9-11H2,1-2H3,(H,21,25). The molecule has 0 radical (unpaired) electrons. The van der Waals surface area contributed by atoms with Crippen molar-refractivity contribution >= 4 is 11.6 Å². The summed E-state index contributed by atoms with van der Waals surface area (Å²) in [6.07, 6.45) is 10.1. The Morgan fingerprint density at radius 3 is 2.48 bits per heavy atom. The van der Waals surface area contributed by atoms with Crippen LogP contribution in [0.2, 0.25) is 0 Å². The zero-order valence-corrected chi connectivity index (χ0v) is 15.0. The average Bonchev–Trinajstić information content (AvgIpc) is 2.94. The van der Waals surface area contributed by atoms with E-state index >= 15 is 0 Å². The van der Waals surface area contributed by atoms with Gasteiger partial charge in [0.25, 0.3) is 5.91 Å². The second-order valence-electron chi connectivity index (χ2n) is 8.87. The van der Waals surface area contributed by atoms with Crippen molar-refractivity contribution in [1.29, 1.82) is 0 Å². The number of carbonyl (C=O) groups is 1. The van der Waals surface area contributed by atoms with Crippen molar-refractivity contribution in [1.82, 2.24) is 19.9 Å². The number of amides is 1. The van der Waals surface area contributed by atoms with Gasteiger partial charge in [0.05, 0.1) is 0 Å². The molecule has 4 bridgehead atoms. The smallest absolute Gasteiger partial charge is 0.251 e. The molecule has 2 aromatic heterocycles. The Morgan fingerprint density at radius 2 is 1.84 bits per heavy atom. The summed E-state index contributed by atoms with van der Waals surface area (Å²) in [7, 11) is 0. The van der Waals surface area contributed by atoms with Crippen LogP contribution in [0.5, 0.6) is 0 Å². The fraction of sp³-hybridized carbons (Fsp3) is 0.650. The highest BCUT2D eigenvalue weighted by molar-refractivity contribution is 5.95. The minimum atomic E-state index is 0.0198. The van der Waals surface area contributed by atoms with Gasteiger partial charge in [-0.15, -0.1) is 10.2 Å². The van der Waals surface area contributed by atoms with Crippen LogP contribution in [0.1, 0.15) is 61.6 Å². The molecule has 2 heterocycles. The minimum absolute atomic E-state index is 0.0198. The first-order valence-corrected chi connectivity index (χ1v) is 9.65. The molecule has 0 aromatic carbocycles. The Bertz CT molecular complexity index is 804. The molecule has 132 valence electrons. The zero-order chi connectivity index (χ0) is 17.2. The zero-order valence-electron chi connectivity index (χ0n) is 15.0. The summed E-state index contributed by atoms with van der Waals surface area (Å²) in [5.74, 6) is 3.57. The highest BCUT2D eigenvalue weighted by Crippen LogP contribution is 2.61. The van der Waals surface area contributed by atoms with Crippen LogP contribution in [0.4, 0.5) is 0 Å². The number of aromatic nitrogens is 3. The molecule has 6 rings (SSSR count). The quantitative estimate of drug-likeness (QED) is 0.933. The molecule has 5 heteroatoms. The first-order chi connectivity index (χ1) is 12.0. The third kappa shape index (κ3) is 2.39. The van der Waals surface area contributed by atoms with Crippen molar-refractivity contribution in [2.24, 2.45) is 23.2 Å². The summed E-state index contributed by atoms with van der Waals surface area (Å²) in [5.41, 5.74) is 1.74. The van der Waals surface area contributed by atoms with E-state index < -0.39 is 0 Å². The number of rotatable bonds is 3. The Balaban J connectivity index is 1.36. The molecule has 0 aliphatic heterocycles. The molecular weight excluding hydrogens is 312 g/mol. The lowest BCUT2D eigenvalue weighted by Crippen LogP contribution is -2.55. The molecule has 4 fully saturated rings. The van der Waals surface area contributed by atoms with Gasteiger partial charge in [-0.05, 0) is 87.7 Å². The Morgan fingerprint density at radius 1 is 1.20 bits per heavy atom.